The number of carbonyl (C=O) groups excluding carboxylic acids is 1. The second kappa shape index (κ2) is 6.39. The molecule has 0 heterocycles. The number of carbonyl (C=O) groups is 1. The molecule has 1 rings (SSSR count). The summed E-state index contributed by atoms with van der Waals surface area (Å²) in [5.74, 6) is 0.119. The Morgan fingerprint density at radius 1 is 1.53 bits per heavy atom. The normalized spacial score (nSPS) is 14.0. The smallest absolute Gasteiger partial charge is 0.306 e. The molecule has 0 aliphatic carbocycles. The number of benzene rings is 1. The molecule has 17 heavy (non-hydrogen) atoms. The van der Waals surface area contributed by atoms with Gasteiger partial charge in [0.05, 0.1) is 13.5 Å². The van der Waals surface area contributed by atoms with Gasteiger partial charge in [-0.15, -0.1) is 0 Å². The number of aromatic hydroxyl groups is 1. The third kappa shape index (κ3) is 4.56. The Bertz CT molecular complexity index is 417. The zero-order valence-electron chi connectivity index (χ0n) is 9.88. The standard InChI is InChI=1S/C12H16O4S/c1-9(6-12(14)16-2)17(15)8-10-4-3-5-11(13)7-10/h3-5,7,9,13H,6,8H2,1-2H3. The molecule has 2 unspecified atom stereocenters. The maximum absolute atomic E-state index is 11.9. The molecule has 0 fully saturated rings. The number of phenolic OH excluding ortho intramolecular Hbond substituents is 1. The highest BCUT2D eigenvalue weighted by atomic mass is 32.2. The minimum atomic E-state index is -1.16. The van der Waals surface area contributed by atoms with Gasteiger partial charge in [0.15, 0.2) is 0 Å². The zero-order valence-corrected chi connectivity index (χ0v) is 10.7. The summed E-state index contributed by atoms with van der Waals surface area (Å²) in [6.07, 6.45) is 0.141. The summed E-state index contributed by atoms with van der Waals surface area (Å²) in [6.45, 7) is 1.75. The van der Waals surface area contributed by atoms with Crippen LogP contribution in [0.1, 0.15) is 18.9 Å². The minimum Gasteiger partial charge on any atom is -0.508 e. The molecule has 94 valence electrons. The second-order valence-electron chi connectivity index (χ2n) is 3.79. The molecule has 0 aromatic heterocycles. The van der Waals surface area contributed by atoms with Crippen LogP contribution in [0.3, 0.4) is 0 Å². The van der Waals surface area contributed by atoms with E-state index in [0.29, 0.717) is 5.75 Å². The van der Waals surface area contributed by atoms with Crippen molar-refractivity contribution in [3.8, 4) is 5.75 Å². The number of methoxy groups -OCH3 is 1. The predicted molar refractivity (Wildman–Crippen MR) is 66.0 cm³/mol. The van der Waals surface area contributed by atoms with Crippen molar-refractivity contribution in [1.29, 1.82) is 0 Å². The van der Waals surface area contributed by atoms with Gasteiger partial charge in [-0.1, -0.05) is 19.1 Å². The molecule has 0 amide bonds. The molecule has 1 aromatic carbocycles. The van der Waals surface area contributed by atoms with Crippen molar-refractivity contribution in [2.24, 2.45) is 0 Å². The van der Waals surface area contributed by atoms with Gasteiger partial charge < -0.3 is 9.84 Å². The first-order valence-corrected chi connectivity index (χ1v) is 6.63. The Labute approximate surface area is 103 Å². The van der Waals surface area contributed by atoms with Crippen LogP contribution in [0.25, 0.3) is 0 Å². The van der Waals surface area contributed by atoms with Crippen molar-refractivity contribution in [3.63, 3.8) is 0 Å². The monoisotopic (exact) mass is 256 g/mol. The van der Waals surface area contributed by atoms with Crippen LogP contribution in [0.5, 0.6) is 5.75 Å². The Hall–Kier alpha value is -1.36. The number of rotatable bonds is 5. The molecule has 0 spiro atoms. The minimum absolute atomic E-state index is 0.141. The van der Waals surface area contributed by atoms with E-state index >= 15 is 0 Å². The van der Waals surface area contributed by atoms with E-state index in [0.717, 1.165) is 5.56 Å². The van der Waals surface area contributed by atoms with E-state index in [2.05, 4.69) is 4.74 Å². The summed E-state index contributed by atoms with van der Waals surface area (Å²) in [6, 6.07) is 6.63. The van der Waals surface area contributed by atoms with Crippen LogP contribution in [0.15, 0.2) is 24.3 Å². The topological polar surface area (TPSA) is 63.6 Å². The van der Waals surface area contributed by atoms with Crippen LogP contribution in [0, 0.1) is 0 Å². The van der Waals surface area contributed by atoms with Crippen LogP contribution < -0.4 is 0 Å². The fraction of sp³-hybridized carbons (Fsp3) is 0.417. The second-order valence-corrected chi connectivity index (χ2v) is 5.64. The lowest BCUT2D eigenvalue weighted by Gasteiger charge is -2.10. The summed E-state index contributed by atoms with van der Waals surface area (Å²) in [4.78, 5) is 11.0. The van der Waals surface area contributed by atoms with Crippen molar-refractivity contribution in [1.82, 2.24) is 0 Å². The van der Waals surface area contributed by atoms with Gasteiger partial charge in [-0.25, -0.2) is 0 Å². The van der Waals surface area contributed by atoms with Gasteiger partial charge in [0, 0.05) is 21.8 Å². The number of hydrogen-bond acceptors (Lipinski definition) is 4. The van der Waals surface area contributed by atoms with Crippen LogP contribution >= 0.6 is 0 Å². The highest BCUT2D eigenvalue weighted by Crippen LogP contribution is 2.15. The molecule has 0 bridgehead atoms. The van der Waals surface area contributed by atoms with Crippen molar-refractivity contribution in [2.75, 3.05) is 7.11 Å². The summed E-state index contributed by atoms with van der Waals surface area (Å²) in [7, 11) is 0.155. The van der Waals surface area contributed by atoms with Crippen molar-refractivity contribution >= 4 is 16.8 Å². The lowest BCUT2D eigenvalue weighted by Crippen LogP contribution is -2.18. The summed E-state index contributed by atoms with van der Waals surface area (Å²) < 4.78 is 16.4. The SMILES string of the molecule is COC(=O)CC(C)S(=O)Cc1cccc(O)c1. The van der Waals surface area contributed by atoms with Crippen LogP contribution in [0.4, 0.5) is 0 Å². The van der Waals surface area contributed by atoms with E-state index in [4.69, 9.17) is 0 Å². The van der Waals surface area contributed by atoms with Crippen molar-refractivity contribution < 1.29 is 18.8 Å². The van der Waals surface area contributed by atoms with Crippen molar-refractivity contribution in [3.05, 3.63) is 29.8 Å². The largest absolute Gasteiger partial charge is 0.508 e. The first-order chi connectivity index (χ1) is 8.02. The first kappa shape index (κ1) is 13.7. The van der Waals surface area contributed by atoms with Crippen LogP contribution in [-0.4, -0.2) is 27.6 Å². The molecule has 2 atom stereocenters. The highest BCUT2D eigenvalue weighted by Gasteiger charge is 2.16. The van der Waals surface area contributed by atoms with E-state index < -0.39 is 10.8 Å². The summed E-state index contributed by atoms with van der Waals surface area (Å²) in [5.41, 5.74) is 0.792. The van der Waals surface area contributed by atoms with E-state index in [-0.39, 0.29) is 23.4 Å². The fourth-order valence-corrected chi connectivity index (χ4v) is 2.48. The quantitative estimate of drug-likeness (QED) is 0.813. The average Bonchev–Trinajstić information content (AvgIpc) is 2.28. The molecule has 5 heteroatoms. The summed E-state index contributed by atoms with van der Waals surface area (Å²) >= 11 is 0. The van der Waals surface area contributed by atoms with Gasteiger partial charge in [-0.3, -0.25) is 9.00 Å². The highest BCUT2D eigenvalue weighted by molar-refractivity contribution is 7.84. The Kier molecular flexibility index (Phi) is 5.15. The van der Waals surface area contributed by atoms with Gasteiger partial charge in [-0.2, -0.15) is 0 Å². The van der Waals surface area contributed by atoms with Gasteiger partial charge in [0.25, 0.3) is 0 Å². The number of hydrogen-bond donors (Lipinski definition) is 1. The number of esters is 1. The van der Waals surface area contributed by atoms with Gasteiger partial charge in [0.2, 0.25) is 0 Å². The zero-order chi connectivity index (χ0) is 12.8. The molecular formula is C12H16O4S. The average molecular weight is 256 g/mol. The molecule has 0 saturated carbocycles. The van der Waals surface area contributed by atoms with E-state index in [1.54, 1.807) is 31.2 Å². The van der Waals surface area contributed by atoms with Crippen molar-refractivity contribution in [2.45, 2.75) is 24.3 Å². The Morgan fingerprint density at radius 3 is 2.82 bits per heavy atom. The van der Waals surface area contributed by atoms with Crippen LogP contribution in [0.2, 0.25) is 0 Å². The molecule has 0 radical (unpaired) electrons. The Balaban J connectivity index is 2.57. The molecule has 0 saturated heterocycles. The van der Waals surface area contributed by atoms with Crippen LogP contribution in [-0.2, 0) is 26.1 Å². The molecule has 0 aliphatic heterocycles. The van der Waals surface area contributed by atoms with Gasteiger partial charge >= 0.3 is 5.97 Å². The summed E-state index contributed by atoms with van der Waals surface area (Å²) in [5, 5.41) is 9.02. The molecular weight excluding hydrogens is 240 g/mol. The molecule has 0 aliphatic rings. The number of ether oxygens (including phenoxy) is 1. The van der Waals surface area contributed by atoms with E-state index in [1.165, 1.54) is 7.11 Å². The van der Waals surface area contributed by atoms with E-state index in [9.17, 15) is 14.1 Å². The van der Waals surface area contributed by atoms with Gasteiger partial charge in [0.1, 0.15) is 5.75 Å². The Morgan fingerprint density at radius 2 is 2.24 bits per heavy atom. The number of phenols is 1. The lowest BCUT2D eigenvalue weighted by atomic mass is 10.2. The van der Waals surface area contributed by atoms with Gasteiger partial charge in [-0.05, 0) is 17.7 Å². The lowest BCUT2D eigenvalue weighted by molar-refractivity contribution is -0.140. The fourth-order valence-electron chi connectivity index (χ4n) is 1.36. The first-order valence-electron chi connectivity index (χ1n) is 5.25. The van der Waals surface area contributed by atoms with E-state index in [1.807, 2.05) is 0 Å². The maximum Gasteiger partial charge on any atom is 0.306 e. The molecule has 1 N–H and O–H groups in total. The molecule has 4 nitrogen and oxygen atoms in total. The predicted octanol–water partition coefficient (Wildman–Crippen LogP) is 1.59. The third-order valence-electron chi connectivity index (χ3n) is 2.35. The molecule has 1 aromatic rings. The third-order valence-corrected chi connectivity index (χ3v) is 4.03. The maximum atomic E-state index is 11.9.